The Labute approximate surface area is 159 Å². The van der Waals surface area contributed by atoms with E-state index in [0.717, 1.165) is 5.56 Å². The van der Waals surface area contributed by atoms with Gasteiger partial charge in [-0.1, -0.05) is 13.0 Å². The third kappa shape index (κ3) is 6.62. The van der Waals surface area contributed by atoms with E-state index in [1.54, 1.807) is 19.1 Å². The van der Waals surface area contributed by atoms with Crippen LogP contribution in [0.25, 0.3) is 6.08 Å². The summed E-state index contributed by atoms with van der Waals surface area (Å²) in [7, 11) is 2.63. The van der Waals surface area contributed by atoms with Gasteiger partial charge in [0.25, 0.3) is 0 Å². The molecule has 0 aromatic heterocycles. The Morgan fingerprint density at radius 1 is 1.29 bits per heavy atom. The predicted octanol–water partition coefficient (Wildman–Crippen LogP) is 1.93. The topological polar surface area (TPSA) is 72.8 Å². The fourth-order valence-corrected chi connectivity index (χ4v) is 1.73. The largest absolute Gasteiger partial charge is 0.507 e. The molecule has 0 amide bonds. The third-order valence-corrected chi connectivity index (χ3v) is 2.84. The van der Waals surface area contributed by atoms with Gasteiger partial charge in [0.05, 0.1) is 20.1 Å². The molecule has 5 nitrogen and oxygen atoms in total. The van der Waals surface area contributed by atoms with Gasteiger partial charge in [-0.15, -0.1) is 0 Å². The van der Waals surface area contributed by atoms with Gasteiger partial charge in [0.1, 0.15) is 5.75 Å². The molecule has 0 aliphatic carbocycles. The van der Waals surface area contributed by atoms with Crippen LogP contribution in [0.2, 0.25) is 0 Å². The zero-order valence-electron chi connectivity index (χ0n) is 12.3. The molecule has 1 aromatic rings. The SMILES string of the molecule is COC(=O)/C=C/c1cc(C[C@H](C)C(=O)OC)ccc1O.[Ac]. The number of methoxy groups -OCH3 is 2. The molecule has 1 N–H and O–H groups in total. The number of benzene rings is 1. The zero-order chi connectivity index (χ0) is 15.1. The van der Waals surface area contributed by atoms with E-state index in [1.807, 2.05) is 0 Å². The molecular weight excluding hydrogens is 487 g/mol. The van der Waals surface area contributed by atoms with Crippen LogP contribution in [0, 0.1) is 50.0 Å². The van der Waals surface area contributed by atoms with Crippen molar-refractivity contribution in [1.29, 1.82) is 0 Å². The molecule has 0 fully saturated rings. The van der Waals surface area contributed by atoms with E-state index in [0.29, 0.717) is 12.0 Å². The number of ether oxygens (including phenoxy) is 2. The fourth-order valence-electron chi connectivity index (χ4n) is 1.73. The van der Waals surface area contributed by atoms with Crippen LogP contribution >= 0.6 is 0 Å². The first kappa shape index (κ1) is 20.1. The van der Waals surface area contributed by atoms with Crippen molar-refractivity contribution in [3.8, 4) is 5.75 Å². The number of phenolic OH excluding ortho intramolecular Hbond substituents is 1. The Bertz CT molecular complexity index is 525. The van der Waals surface area contributed by atoms with E-state index in [2.05, 4.69) is 9.47 Å². The summed E-state index contributed by atoms with van der Waals surface area (Å²) in [6.45, 7) is 1.77. The molecule has 0 bridgehead atoms. The van der Waals surface area contributed by atoms with Gasteiger partial charge < -0.3 is 14.6 Å². The molecule has 0 unspecified atom stereocenters. The van der Waals surface area contributed by atoms with Crippen LogP contribution in [0.1, 0.15) is 18.1 Å². The molecule has 0 saturated heterocycles. The van der Waals surface area contributed by atoms with Crippen molar-refractivity contribution in [2.24, 2.45) is 5.92 Å². The van der Waals surface area contributed by atoms with Crippen molar-refractivity contribution >= 4 is 18.0 Å². The van der Waals surface area contributed by atoms with Crippen molar-refractivity contribution in [3.05, 3.63) is 35.4 Å². The number of rotatable bonds is 5. The summed E-state index contributed by atoms with van der Waals surface area (Å²) in [4.78, 5) is 22.4. The van der Waals surface area contributed by atoms with Gasteiger partial charge in [-0.3, -0.25) is 4.79 Å². The molecule has 21 heavy (non-hydrogen) atoms. The van der Waals surface area contributed by atoms with Gasteiger partial charge in [-0.25, -0.2) is 4.79 Å². The van der Waals surface area contributed by atoms with Crippen LogP contribution in [0.15, 0.2) is 24.3 Å². The summed E-state index contributed by atoms with van der Waals surface area (Å²) in [5.74, 6) is -1.01. The molecule has 1 radical (unpaired) electrons. The number of phenols is 1. The van der Waals surface area contributed by atoms with E-state index in [4.69, 9.17) is 0 Å². The minimum absolute atomic E-state index is 0. The van der Waals surface area contributed by atoms with E-state index in [1.165, 1.54) is 32.4 Å². The standard InChI is InChI=1S/C15H18O5.Ac/c1-10(15(18)20-3)8-11-4-6-13(16)12(9-11)5-7-14(17)19-2;/h4-7,9-10,16H,8H2,1-3H3;/b7-5+;/t10-;/m0./s1. The summed E-state index contributed by atoms with van der Waals surface area (Å²) in [6, 6.07) is 4.97. The number of carbonyl (C=O) groups excluding carboxylic acids is 2. The number of carbonyl (C=O) groups is 2. The maximum absolute atomic E-state index is 11.4. The van der Waals surface area contributed by atoms with Crippen molar-refractivity contribution in [3.63, 3.8) is 0 Å². The summed E-state index contributed by atoms with van der Waals surface area (Å²) in [5, 5.41) is 9.72. The molecule has 0 heterocycles. The molecule has 0 spiro atoms. The molecule has 0 saturated carbocycles. The van der Waals surface area contributed by atoms with Crippen LogP contribution in [0.3, 0.4) is 0 Å². The summed E-state index contributed by atoms with van der Waals surface area (Å²) >= 11 is 0. The van der Waals surface area contributed by atoms with Gasteiger partial charge in [0.15, 0.2) is 0 Å². The van der Waals surface area contributed by atoms with E-state index >= 15 is 0 Å². The molecule has 0 aliphatic rings. The number of hydrogen-bond donors (Lipinski definition) is 1. The maximum Gasteiger partial charge on any atom is 0.330 e. The monoisotopic (exact) mass is 505 g/mol. The summed E-state index contributed by atoms with van der Waals surface area (Å²) in [5.41, 5.74) is 1.36. The first-order chi connectivity index (χ1) is 9.47. The second kappa shape index (κ2) is 9.97. The molecule has 111 valence electrons. The number of aromatic hydroxyl groups is 1. The van der Waals surface area contributed by atoms with Gasteiger partial charge in [-0.2, -0.15) is 0 Å². The molecule has 0 aliphatic heterocycles. The van der Waals surface area contributed by atoms with E-state index in [-0.39, 0.29) is 61.7 Å². The van der Waals surface area contributed by atoms with Gasteiger partial charge in [0.2, 0.25) is 0 Å². The van der Waals surface area contributed by atoms with Crippen LogP contribution in [-0.4, -0.2) is 31.3 Å². The van der Waals surface area contributed by atoms with Crippen LogP contribution in [0.4, 0.5) is 0 Å². The quantitative estimate of drug-likeness (QED) is 0.490. The average molecular weight is 505 g/mol. The first-order valence-corrected chi connectivity index (χ1v) is 6.13. The molecule has 1 rings (SSSR count). The Kier molecular flexibility index (Phi) is 9.56. The van der Waals surface area contributed by atoms with Crippen LogP contribution < -0.4 is 0 Å². The minimum Gasteiger partial charge on any atom is -0.507 e. The molecule has 1 atom stereocenters. The minimum atomic E-state index is -0.502. The van der Waals surface area contributed by atoms with Crippen LogP contribution in [0.5, 0.6) is 5.75 Å². The smallest absolute Gasteiger partial charge is 0.330 e. The Balaban J connectivity index is 0.00000400. The third-order valence-electron chi connectivity index (χ3n) is 2.84. The second-order valence-electron chi connectivity index (χ2n) is 4.38. The van der Waals surface area contributed by atoms with Gasteiger partial charge in [0, 0.05) is 55.7 Å². The van der Waals surface area contributed by atoms with Crippen molar-refractivity contribution < 1.29 is 68.2 Å². The van der Waals surface area contributed by atoms with Crippen molar-refractivity contribution in [1.82, 2.24) is 0 Å². The second-order valence-corrected chi connectivity index (χ2v) is 4.38. The maximum atomic E-state index is 11.4. The van der Waals surface area contributed by atoms with Gasteiger partial charge >= 0.3 is 11.9 Å². The van der Waals surface area contributed by atoms with Crippen molar-refractivity contribution in [2.45, 2.75) is 13.3 Å². The average Bonchev–Trinajstić information content (AvgIpc) is 2.46. The molecular formula is C15H18AcO5. The fraction of sp³-hybridized carbons (Fsp3) is 0.333. The molecule has 6 heteroatoms. The number of hydrogen-bond acceptors (Lipinski definition) is 5. The Morgan fingerprint density at radius 3 is 2.52 bits per heavy atom. The summed E-state index contributed by atoms with van der Waals surface area (Å²) < 4.78 is 9.15. The normalized spacial score (nSPS) is 11.6. The Morgan fingerprint density at radius 2 is 1.95 bits per heavy atom. The first-order valence-electron chi connectivity index (χ1n) is 6.13. The zero-order valence-corrected chi connectivity index (χ0v) is 17.1. The number of esters is 2. The summed E-state index contributed by atoms with van der Waals surface area (Å²) in [6.07, 6.45) is 3.18. The van der Waals surface area contributed by atoms with E-state index < -0.39 is 5.97 Å². The van der Waals surface area contributed by atoms with Crippen LogP contribution in [-0.2, 0) is 25.5 Å². The van der Waals surface area contributed by atoms with E-state index in [9.17, 15) is 14.7 Å². The predicted molar refractivity (Wildman–Crippen MR) is 74.0 cm³/mol. The van der Waals surface area contributed by atoms with Gasteiger partial charge in [-0.05, 0) is 30.2 Å². The van der Waals surface area contributed by atoms with Crippen molar-refractivity contribution in [2.75, 3.05) is 14.2 Å². The molecule has 1 aromatic carbocycles. The Hall–Kier alpha value is -0.858.